The van der Waals surface area contributed by atoms with Crippen LogP contribution in [-0.2, 0) is 10.2 Å². The SMILES string of the molecule is CC(C)(C)c1ccc(C(=O)NNC(=O)CCCN2C(=O)c3ccccc3C2=O)cc1. The van der Waals surface area contributed by atoms with Gasteiger partial charge in [-0.25, -0.2) is 0 Å². The summed E-state index contributed by atoms with van der Waals surface area (Å²) < 4.78 is 0. The van der Waals surface area contributed by atoms with E-state index >= 15 is 0 Å². The van der Waals surface area contributed by atoms with Gasteiger partial charge in [-0.15, -0.1) is 0 Å². The lowest BCUT2D eigenvalue weighted by Gasteiger charge is -2.19. The van der Waals surface area contributed by atoms with Crippen molar-refractivity contribution in [2.75, 3.05) is 6.54 Å². The lowest BCUT2D eigenvalue weighted by atomic mass is 9.87. The summed E-state index contributed by atoms with van der Waals surface area (Å²) in [5.41, 5.74) is 7.05. The Hall–Kier alpha value is -3.48. The van der Waals surface area contributed by atoms with Crippen LogP contribution in [0.3, 0.4) is 0 Å². The largest absolute Gasteiger partial charge is 0.274 e. The minimum atomic E-state index is -0.413. The number of nitrogens with one attached hydrogen (secondary N) is 2. The lowest BCUT2D eigenvalue weighted by molar-refractivity contribution is -0.122. The molecule has 1 aliphatic rings. The molecule has 0 radical (unpaired) electrons. The van der Waals surface area contributed by atoms with Crippen LogP contribution in [0.4, 0.5) is 0 Å². The fourth-order valence-corrected chi connectivity index (χ4v) is 3.22. The molecule has 2 N–H and O–H groups in total. The van der Waals surface area contributed by atoms with Crippen molar-refractivity contribution in [2.45, 2.75) is 39.0 Å². The zero-order chi connectivity index (χ0) is 21.9. The van der Waals surface area contributed by atoms with Gasteiger partial charge in [-0.3, -0.25) is 34.9 Å². The highest BCUT2D eigenvalue weighted by atomic mass is 16.2. The Morgan fingerprint density at radius 2 is 1.43 bits per heavy atom. The number of rotatable bonds is 5. The van der Waals surface area contributed by atoms with Crippen molar-refractivity contribution in [3.8, 4) is 0 Å². The highest BCUT2D eigenvalue weighted by molar-refractivity contribution is 6.21. The molecule has 0 spiro atoms. The minimum Gasteiger partial charge on any atom is -0.274 e. The Bertz CT molecular complexity index is 955. The highest BCUT2D eigenvalue weighted by Crippen LogP contribution is 2.23. The van der Waals surface area contributed by atoms with Crippen molar-refractivity contribution in [1.29, 1.82) is 0 Å². The number of carbonyl (C=O) groups excluding carboxylic acids is 4. The van der Waals surface area contributed by atoms with Crippen molar-refractivity contribution in [2.24, 2.45) is 0 Å². The molecule has 0 aromatic heterocycles. The maximum absolute atomic E-state index is 12.3. The van der Waals surface area contributed by atoms with Gasteiger partial charge >= 0.3 is 0 Å². The topological polar surface area (TPSA) is 95.6 Å². The zero-order valence-corrected chi connectivity index (χ0v) is 17.3. The molecule has 1 aliphatic heterocycles. The van der Waals surface area contributed by atoms with Crippen LogP contribution in [0.2, 0.25) is 0 Å². The summed E-state index contributed by atoms with van der Waals surface area (Å²) in [7, 11) is 0. The molecule has 0 fully saturated rings. The van der Waals surface area contributed by atoms with Gasteiger partial charge in [0.1, 0.15) is 0 Å². The quantitative estimate of drug-likeness (QED) is 0.589. The molecule has 0 bridgehead atoms. The van der Waals surface area contributed by atoms with Crippen molar-refractivity contribution >= 4 is 23.6 Å². The van der Waals surface area contributed by atoms with Gasteiger partial charge in [-0.2, -0.15) is 0 Å². The number of carbonyl (C=O) groups is 4. The van der Waals surface area contributed by atoms with E-state index in [1.54, 1.807) is 36.4 Å². The molecule has 0 saturated carbocycles. The molecule has 4 amide bonds. The van der Waals surface area contributed by atoms with E-state index in [1.807, 2.05) is 12.1 Å². The predicted octanol–water partition coefficient (Wildman–Crippen LogP) is 2.82. The number of hydrogen-bond donors (Lipinski definition) is 2. The average molecular weight is 407 g/mol. The number of amides is 4. The molecule has 2 aromatic carbocycles. The van der Waals surface area contributed by atoms with E-state index in [0.717, 1.165) is 10.5 Å². The molecule has 2 aromatic rings. The van der Waals surface area contributed by atoms with Crippen LogP contribution in [0.1, 0.15) is 70.3 Å². The van der Waals surface area contributed by atoms with E-state index in [9.17, 15) is 19.2 Å². The van der Waals surface area contributed by atoms with Crippen molar-refractivity contribution in [3.63, 3.8) is 0 Å². The second kappa shape index (κ2) is 8.49. The highest BCUT2D eigenvalue weighted by Gasteiger charge is 2.34. The summed E-state index contributed by atoms with van der Waals surface area (Å²) in [6.45, 7) is 6.40. The number of hydrazine groups is 1. The summed E-state index contributed by atoms with van der Waals surface area (Å²) in [6, 6.07) is 13.9. The second-order valence-electron chi connectivity index (χ2n) is 8.24. The standard InChI is InChI=1S/C23H25N3O4/c1-23(2,3)16-12-10-15(11-13-16)20(28)25-24-19(27)9-6-14-26-21(29)17-7-4-5-8-18(17)22(26)30/h4-5,7-8,10-13H,6,9,14H2,1-3H3,(H,24,27)(H,25,28). The van der Waals surface area contributed by atoms with Gasteiger partial charge in [-0.05, 0) is 41.7 Å². The van der Waals surface area contributed by atoms with Crippen molar-refractivity contribution in [3.05, 3.63) is 70.8 Å². The van der Waals surface area contributed by atoms with Gasteiger partial charge < -0.3 is 0 Å². The van der Waals surface area contributed by atoms with E-state index in [-0.39, 0.29) is 30.2 Å². The van der Waals surface area contributed by atoms with Gasteiger partial charge in [0.2, 0.25) is 5.91 Å². The summed E-state index contributed by atoms with van der Waals surface area (Å²) in [5.74, 6) is -1.50. The van der Waals surface area contributed by atoms with Crippen LogP contribution in [0.25, 0.3) is 0 Å². The van der Waals surface area contributed by atoms with Gasteiger partial charge in [0.15, 0.2) is 0 Å². The summed E-state index contributed by atoms with van der Waals surface area (Å²) in [6.07, 6.45) is 0.365. The van der Waals surface area contributed by atoms with Gasteiger partial charge in [0.05, 0.1) is 11.1 Å². The van der Waals surface area contributed by atoms with E-state index < -0.39 is 11.8 Å². The smallest absolute Gasteiger partial charge is 0.269 e. The third-order valence-corrected chi connectivity index (χ3v) is 4.99. The molecular formula is C23H25N3O4. The zero-order valence-electron chi connectivity index (χ0n) is 17.3. The first-order valence-electron chi connectivity index (χ1n) is 9.83. The summed E-state index contributed by atoms with van der Waals surface area (Å²) >= 11 is 0. The number of fused-ring (bicyclic) bond motifs is 1. The van der Waals surface area contributed by atoms with Crippen molar-refractivity contribution < 1.29 is 19.2 Å². The second-order valence-corrected chi connectivity index (χ2v) is 8.24. The van der Waals surface area contributed by atoms with Gasteiger partial charge in [-0.1, -0.05) is 45.0 Å². The molecule has 7 nitrogen and oxygen atoms in total. The molecule has 0 aliphatic carbocycles. The molecule has 3 rings (SSSR count). The Morgan fingerprint density at radius 3 is 1.97 bits per heavy atom. The van der Waals surface area contributed by atoms with Gasteiger partial charge in [0.25, 0.3) is 17.7 Å². The molecule has 0 atom stereocenters. The molecule has 0 saturated heterocycles. The molecule has 30 heavy (non-hydrogen) atoms. The monoisotopic (exact) mass is 407 g/mol. The van der Waals surface area contributed by atoms with Crippen LogP contribution in [-0.4, -0.2) is 35.1 Å². The maximum Gasteiger partial charge on any atom is 0.269 e. The van der Waals surface area contributed by atoms with Crippen LogP contribution in [0.5, 0.6) is 0 Å². The van der Waals surface area contributed by atoms with Crippen molar-refractivity contribution in [1.82, 2.24) is 15.8 Å². The Labute approximate surface area is 175 Å². The van der Waals surface area contributed by atoms with E-state index in [0.29, 0.717) is 23.1 Å². The molecule has 7 heteroatoms. The number of hydrogen-bond acceptors (Lipinski definition) is 4. The number of imide groups is 1. The molecular weight excluding hydrogens is 382 g/mol. The number of nitrogens with zero attached hydrogens (tertiary/aromatic N) is 1. The summed E-state index contributed by atoms with van der Waals surface area (Å²) in [4.78, 5) is 49.9. The first-order chi connectivity index (χ1) is 14.2. The van der Waals surface area contributed by atoms with Crippen LogP contribution >= 0.6 is 0 Å². The first kappa shape index (κ1) is 21.2. The fraction of sp³-hybridized carbons (Fsp3) is 0.304. The maximum atomic E-state index is 12.3. The third kappa shape index (κ3) is 4.56. The lowest BCUT2D eigenvalue weighted by Crippen LogP contribution is -2.42. The predicted molar refractivity (Wildman–Crippen MR) is 112 cm³/mol. The van der Waals surface area contributed by atoms with E-state index in [4.69, 9.17) is 0 Å². The average Bonchev–Trinajstić information content (AvgIpc) is 2.96. The molecule has 0 unspecified atom stereocenters. The summed E-state index contributed by atoms with van der Waals surface area (Å²) in [5, 5.41) is 0. The van der Waals surface area contributed by atoms with Crippen LogP contribution in [0.15, 0.2) is 48.5 Å². The van der Waals surface area contributed by atoms with Gasteiger partial charge in [0, 0.05) is 18.5 Å². The molecule has 156 valence electrons. The Balaban J connectivity index is 1.44. The van der Waals surface area contributed by atoms with E-state index in [2.05, 4.69) is 31.6 Å². The first-order valence-corrected chi connectivity index (χ1v) is 9.83. The number of benzene rings is 2. The Kier molecular flexibility index (Phi) is 6.01. The van der Waals surface area contributed by atoms with Crippen LogP contribution in [0, 0.1) is 0 Å². The Morgan fingerprint density at radius 1 is 0.867 bits per heavy atom. The minimum absolute atomic E-state index is 0.0112. The normalized spacial score (nSPS) is 13.2. The third-order valence-electron chi connectivity index (χ3n) is 4.99. The molecule has 1 heterocycles. The van der Waals surface area contributed by atoms with E-state index in [1.165, 1.54) is 0 Å². The van der Waals surface area contributed by atoms with Crippen LogP contribution < -0.4 is 10.9 Å². The fourth-order valence-electron chi connectivity index (χ4n) is 3.22.